The Bertz CT molecular complexity index is 355. The van der Waals surface area contributed by atoms with Gasteiger partial charge in [0.05, 0.1) is 0 Å². The monoisotopic (exact) mass is 247 g/mol. The van der Waals surface area contributed by atoms with Crippen LogP contribution in [0.25, 0.3) is 0 Å². The van der Waals surface area contributed by atoms with Crippen LogP contribution in [0.3, 0.4) is 0 Å². The number of hydrogen-bond acceptors (Lipinski definition) is 1. The van der Waals surface area contributed by atoms with Crippen LogP contribution in [-0.2, 0) is 12.8 Å². The standard InChI is InChI=1S/C17H29N/c1-6-14-9-10-15(7-2)16(12-14)17(18-5)11-8-13(3)4/h9-10,12-13,17-18H,6-8,11H2,1-5H3. The lowest BCUT2D eigenvalue weighted by molar-refractivity contribution is 0.463. The van der Waals surface area contributed by atoms with Crippen molar-refractivity contribution in [2.45, 2.75) is 59.4 Å². The topological polar surface area (TPSA) is 12.0 Å². The fourth-order valence-electron chi connectivity index (χ4n) is 2.47. The molecule has 1 N–H and O–H groups in total. The number of rotatable bonds is 7. The van der Waals surface area contributed by atoms with Crippen molar-refractivity contribution in [2.24, 2.45) is 5.92 Å². The molecule has 1 nitrogen and oxygen atoms in total. The van der Waals surface area contributed by atoms with Crippen molar-refractivity contribution >= 4 is 0 Å². The minimum Gasteiger partial charge on any atom is -0.313 e. The lowest BCUT2D eigenvalue weighted by Gasteiger charge is -2.21. The largest absolute Gasteiger partial charge is 0.313 e. The summed E-state index contributed by atoms with van der Waals surface area (Å²) >= 11 is 0. The van der Waals surface area contributed by atoms with E-state index in [4.69, 9.17) is 0 Å². The molecule has 0 amide bonds. The maximum absolute atomic E-state index is 3.50. The first-order valence-electron chi connectivity index (χ1n) is 7.41. The van der Waals surface area contributed by atoms with Crippen molar-refractivity contribution in [1.82, 2.24) is 5.32 Å². The molecule has 0 spiro atoms. The van der Waals surface area contributed by atoms with E-state index in [0.29, 0.717) is 6.04 Å². The zero-order valence-corrected chi connectivity index (χ0v) is 12.7. The lowest BCUT2D eigenvalue weighted by atomic mass is 9.91. The number of aryl methyl sites for hydroxylation is 2. The maximum Gasteiger partial charge on any atom is 0.0320 e. The van der Waals surface area contributed by atoms with E-state index in [1.54, 1.807) is 0 Å². The van der Waals surface area contributed by atoms with Crippen LogP contribution in [0.1, 0.15) is 63.3 Å². The molecule has 0 fully saturated rings. The SMILES string of the molecule is CCc1ccc(CC)c(C(CCC(C)C)NC)c1. The summed E-state index contributed by atoms with van der Waals surface area (Å²) < 4.78 is 0. The van der Waals surface area contributed by atoms with Crippen LogP contribution in [0.15, 0.2) is 18.2 Å². The molecule has 0 aliphatic heterocycles. The molecule has 1 rings (SSSR count). The molecule has 1 unspecified atom stereocenters. The molecular weight excluding hydrogens is 218 g/mol. The summed E-state index contributed by atoms with van der Waals surface area (Å²) in [6, 6.07) is 7.50. The molecule has 0 aromatic heterocycles. The van der Waals surface area contributed by atoms with Crippen LogP contribution >= 0.6 is 0 Å². The molecule has 102 valence electrons. The summed E-state index contributed by atoms with van der Waals surface area (Å²) in [6.45, 7) is 9.08. The minimum absolute atomic E-state index is 0.508. The third kappa shape index (κ3) is 4.13. The zero-order chi connectivity index (χ0) is 13.5. The average Bonchev–Trinajstić information content (AvgIpc) is 2.38. The van der Waals surface area contributed by atoms with Crippen LogP contribution in [0.5, 0.6) is 0 Å². The molecule has 1 heteroatoms. The van der Waals surface area contributed by atoms with Gasteiger partial charge in [-0.15, -0.1) is 0 Å². The van der Waals surface area contributed by atoms with Gasteiger partial charge < -0.3 is 5.32 Å². The van der Waals surface area contributed by atoms with E-state index in [9.17, 15) is 0 Å². The van der Waals surface area contributed by atoms with Crippen molar-refractivity contribution in [3.63, 3.8) is 0 Å². The van der Waals surface area contributed by atoms with E-state index < -0.39 is 0 Å². The second-order valence-electron chi connectivity index (χ2n) is 5.55. The fraction of sp³-hybridized carbons (Fsp3) is 0.647. The molecule has 1 atom stereocenters. The highest BCUT2D eigenvalue weighted by molar-refractivity contribution is 5.34. The summed E-state index contributed by atoms with van der Waals surface area (Å²) in [4.78, 5) is 0. The first-order valence-corrected chi connectivity index (χ1v) is 7.41. The van der Waals surface area contributed by atoms with Crippen LogP contribution in [0, 0.1) is 5.92 Å². The van der Waals surface area contributed by atoms with Crippen molar-refractivity contribution in [3.05, 3.63) is 34.9 Å². The third-order valence-corrected chi connectivity index (χ3v) is 3.76. The van der Waals surface area contributed by atoms with E-state index >= 15 is 0 Å². The maximum atomic E-state index is 3.50. The Kier molecular flexibility index (Phi) is 6.42. The van der Waals surface area contributed by atoms with Crippen molar-refractivity contribution in [3.8, 4) is 0 Å². The highest BCUT2D eigenvalue weighted by Gasteiger charge is 2.13. The highest BCUT2D eigenvalue weighted by atomic mass is 14.9. The second-order valence-corrected chi connectivity index (χ2v) is 5.55. The molecule has 0 aliphatic carbocycles. The number of hydrogen-bond donors (Lipinski definition) is 1. The lowest BCUT2D eigenvalue weighted by Crippen LogP contribution is -2.18. The summed E-state index contributed by atoms with van der Waals surface area (Å²) in [5.74, 6) is 0.778. The van der Waals surface area contributed by atoms with E-state index in [2.05, 4.69) is 58.3 Å². The van der Waals surface area contributed by atoms with Gasteiger partial charge >= 0.3 is 0 Å². The Morgan fingerprint density at radius 1 is 1.06 bits per heavy atom. The average molecular weight is 247 g/mol. The van der Waals surface area contributed by atoms with Gasteiger partial charge in [0.2, 0.25) is 0 Å². The summed E-state index contributed by atoms with van der Waals surface area (Å²) in [5, 5.41) is 3.50. The van der Waals surface area contributed by atoms with Gasteiger partial charge in [-0.05, 0) is 55.3 Å². The molecule has 0 aliphatic rings. The molecule has 0 radical (unpaired) electrons. The minimum atomic E-state index is 0.508. The van der Waals surface area contributed by atoms with Gasteiger partial charge in [0.1, 0.15) is 0 Å². The molecule has 1 aromatic carbocycles. The predicted octanol–water partition coefficient (Wildman–Crippen LogP) is 4.51. The van der Waals surface area contributed by atoms with Gasteiger partial charge in [-0.1, -0.05) is 45.9 Å². The van der Waals surface area contributed by atoms with E-state index in [1.165, 1.54) is 29.5 Å². The smallest absolute Gasteiger partial charge is 0.0320 e. The van der Waals surface area contributed by atoms with Gasteiger partial charge in [0.25, 0.3) is 0 Å². The molecule has 0 heterocycles. The molecule has 18 heavy (non-hydrogen) atoms. The first-order chi connectivity index (χ1) is 8.62. The van der Waals surface area contributed by atoms with Gasteiger partial charge in [-0.3, -0.25) is 0 Å². The van der Waals surface area contributed by atoms with Crippen LogP contribution < -0.4 is 5.32 Å². The predicted molar refractivity (Wildman–Crippen MR) is 81.1 cm³/mol. The van der Waals surface area contributed by atoms with Crippen LogP contribution in [0.2, 0.25) is 0 Å². The molecular formula is C17H29N. The van der Waals surface area contributed by atoms with Gasteiger partial charge in [-0.25, -0.2) is 0 Å². The number of nitrogens with one attached hydrogen (secondary N) is 1. The second kappa shape index (κ2) is 7.58. The zero-order valence-electron chi connectivity index (χ0n) is 12.7. The summed E-state index contributed by atoms with van der Waals surface area (Å²) in [7, 11) is 2.09. The summed E-state index contributed by atoms with van der Waals surface area (Å²) in [5.41, 5.74) is 4.46. The van der Waals surface area contributed by atoms with Crippen molar-refractivity contribution < 1.29 is 0 Å². The Labute approximate surface area is 113 Å². The molecule has 0 saturated heterocycles. The third-order valence-electron chi connectivity index (χ3n) is 3.76. The van der Waals surface area contributed by atoms with E-state index in [1.807, 2.05) is 0 Å². The van der Waals surface area contributed by atoms with Gasteiger partial charge in [0.15, 0.2) is 0 Å². The summed E-state index contributed by atoms with van der Waals surface area (Å²) in [6.07, 6.45) is 4.76. The van der Waals surface area contributed by atoms with Crippen molar-refractivity contribution in [2.75, 3.05) is 7.05 Å². The van der Waals surface area contributed by atoms with Gasteiger partial charge in [0, 0.05) is 6.04 Å². The van der Waals surface area contributed by atoms with E-state index in [-0.39, 0.29) is 0 Å². The number of benzene rings is 1. The molecule has 1 aromatic rings. The Morgan fingerprint density at radius 3 is 2.28 bits per heavy atom. The molecule has 0 bridgehead atoms. The Balaban J connectivity index is 2.94. The fourth-order valence-corrected chi connectivity index (χ4v) is 2.47. The molecule has 0 saturated carbocycles. The highest BCUT2D eigenvalue weighted by Crippen LogP contribution is 2.25. The quantitative estimate of drug-likeness (QED) is 0.747. The first kappa shape index (κ1) is 15.2. The normalized spacial score (nSPS) is 13.0. The van der Waals surface area contributed by atoms with E-state index in [0.717, 1.165) is 18.8 Å². The van der Waals surface area contributed by atoms with Gasteiger partial charge in [-0.2, -0.15) is 0 Å². The Morgan fingerprint density at radius 2 is 1.78 bits per heavy atom. The van der Waals surface area contributed by atoms with Crippen LogP contribution in [0.4, 0.5) is 0 Å². The van der Waals surface area contributed by atoms with Crippen LogP contribution in [-0.4, -0.2) is 7.05 Å². The van der Waals surface area contributed by atoms with Crippen molar-refractivity contribution in [1.29, 1.82) is 0 Å². The Hall–Kier alpha value is -0.820.